The van der Waals surface area contributed by atoms with Crippen LogP contribution in [0.3, 0.4) is 0 Å². The molecule has 0 saturated heterocycles. The second kappa shape index (κ2) is 5.91. The average molecular weight is 254 g/mol. The lowest BCUT2D eigenvalue weighted by Gasteiger charge is -2.42. The topological polar surface area (TPSA) is 0 Å². The van der Waals surface area contributed by atoms with E-state index in [9.17, 15) is 0 Å². The predicted octanol–water partition coefficient (Wildman–Crippen LogP) is 4.92. The van der Waals surface area contributed by atoms with Gasteiger partial charge < -0.3 is 0 Å². The Morgan fingerprint density at radius 3 is 1.53 bits per heavy atom. The summed E-state index contributed by atoms with van der Waals surface area (Å²) in [6, 6.07) is 0. The summed E-state index contributed by atoms with van der Waals surface area (Å²) in [5.74, 6) is 0. The molecular weight excluding hydrogens is 220 g/mol. The fraction of sp³-hybridized carbons (Fsp3) is 0.938. The van der Waals surface area contributed by atoms with Crippen LogP contribution >= 0.6 is 0 Å². The van der Waals surface area contributed by atoms with Crippen LogP contribution in [0, 0.1) is 16.4 Å². The SMILES string of the molecule is CC(C)(C)C([SiH2][C]1CCCCCC1)C(C)(C)C. The number of hydrogen-bond donors (Lipinski definition) is 0. The molecule has 0 heterocycles. The van der Waals surface area contributed by atoms with Crippen LogP contribution in [-0.2, 0) is 0 Å². The number of hydrogen-bond acceptors (Lipinski definition) is 0. The third kappa shape index (κ3) is 5.15. The van der Waals surface area contributed by atoms with E-state index in [2.05, 4.69) is 41.5 Å². The lowest BCUT2D eigenvalue weighted by atomic mass is 9.77. The molecule has 1 aliphatic carbocycles. The lowest BCUT2D eigenvalue weighted by molar-refractivity contribution is 0.231. The highest BCUT2D eigenvalue weighted by molar-refractivity contribution is 6.45. The highest BCUT2D eigenvalue weighted by Crippen LogP contribution is 2.46. The van der Waals surface area contributed by atoms with E-state index >= 15 is 0 Å². The lowest BCUT2D eigenvalue weighted by Crippen LogP contribution is -2.34. The van der Waals surface area contributed by atoms with Crippen molar-refractivity contribution in [3.05, 3.63) is 5.54 Å². The van der Waals surface area contributed by atoms with Crippen molar-refractivity contribution in [3.63, 3.8) is 0 Å². The van der Waals surface area contributed by atoms with Gasteiger partial charge in [0.05, 0.1) is 0 Å². The largest absolute Gasteiger partial charge is 0.0602 e. The molecule has 1 radical (unpaired) electrons. The van der Waals surface area contributed by atoms with E-state index in [0.717, 1.165) is 5.54 Å². The molecule has 0 bridgehead atoms. The van der Waals surface area contributed by atoms with E-state index < -0.39 is 0 Å². The summed E-state index contributed by atoms with van der Waals surface area (Å²) in [6.07, 6.45) is 8.84. The van der Waals surface area contributed by atoms with Crippen LogP contribution in [0.15, 0.2) is 0 Å². The summed E-state index contributed by atoms with van der Waals surface area (Å²) in [5.41, 5.74) is 3.92. The van der Waals surface area contributed by atoms with Gasteiger partial charge in [-0.05, 0) is 21.9 Å². The summed E-state index contributed by atoms with van der Waals surface area (Å²) >= 11 is 0. The Hall–Kier alpha value is 0.217. The van der Waals surface area contributed by atoms with E-state index in [-0.39, 0.29) is 9.52 Å². The van der Waals surface area contributed by atoms with Gasteiger partial charge in [-0.3, -0.25) is 0 Å². The van der Waals surface area contributed by atoms with Crippen molar-refractivity contribution in [1.29, 1.82) is 0 Å². The zero-order valence-corrected chi connectivity index (χ0v) is 14.4. The van der Waals surface area contributed by atoms with Gasteiger partial charge >= 0.3 is 0 Å². The molecule has 0 nitrogen and oxygen atoms in total. The maximum atomic E-state index is 2.45. The molecule has 101 valence electrons. The molecule has 0 spiro atoms. The van der Waals surface area contributed by atoms with Gasteiger partial charge in [-0.25, -0.2) is 0 Å². The Kier molecular flexibility index (Phi) is 5.31. The van der Waals surface area contributed by atoms with Gasteiger partial charge in [-0.1, -0.05) is 80.1 Å². The molecule has 0 aromatic carbocycles. The van der Waals surface area contributed by atoms with Crippen molar-refractivity contribution in [2.24, 2.45) is 10.8 Å². The Labute approximate surface area is 112 Å². The molecule has 17 heavy (non-hydrogen) atoms. The monoisotopic (exact) mass is 253 g/mol. The van der Waals surface area contributed by atoms with Crippen molar-refractivity contribution in [3.8, 4) is 0 Å². The molecule has 0 aromatic heterocycles. The van der Waals surface area contributed by atoms with E-state index in [4.69, 9.17) is 0 Å². The molecule has 0 aromatic rings. The minimum atomic E-state index is -0.0344. The average Bonchev–Trinajstić information content (AvgIpc) is 2.38. The Bertz CT molecular complexity index is 197. The molecule has 1 aliphatic rings. The Balaban J connectivity index is 2.65. The Morgan fingerprint density at radius 2 is 1.18 bits per heavy atom. The summed E-state index contributed by atoms with van der Waals surface area (Å²) in [7, 11) is -0.0344. The van der Waals surface area contributed by atoms with Crippen molar-refractivity contribution < 1.29 is 0 Å². The van der Waals surface area contributed by atoms with Crippen LogP contribution in [0.4, 0.5) is 0 Å². The maximum Gasteiger partial charge on any atom is 0.0319 e. The second-order valence-corrected chi connectivity index (χ2v) is 10.4. The molecular formula is C16H33Si. The van der Waals surface area contributed by atoms with Gasteiger partial charge in [-0.2, -0.15) is 0 Å². The summed E-state index contributed by atoms with van der Waals surface area (Å²) in [4.78, 5) is 0. The minimum Gasteiger partial charge on any atom is -0.0602 e. The van der Waals surface area contributed by atoms with Crippen LogP contribution in [0.25, 0.3) is 0 Å². The molecule has 0 N–H and O–H groups in total. The van der Waals surface area contributed by atoms with Crippen LogP contribution in [-0.4, -0.2) is 9.52 Å². The van der Waals surface area contributed by atoms with E-state index in [1.165, 1.54) is 38.5 Å². The van der Waals surface area contributed by atoms with Gasteiger partial charge in [0.1, 0.15) is 0 Å². The van der Waals surface area contributed by atoms with Crippen LogP contribution in [0.1, 0.15) is 80.1 Å². The summed E-state index contributed by atoms with van der Waals surface area (Å²) in [5, 5.41) is 0. The van der Waals surface area contributed by atoms with E-state index in [1.807, 2.05) is 5.54 Å². The first kappa shape index (κ1) is 15.3. The third-order valence-electron chi connectivity index (χ3n) is 4.39. The standard InChI is InChI=1S/C16H33Si/c1-15(2,3)14(16(4,5)6)17-13-11-9-7-8-10-12-13/h14H,7-12,17H2,1-6H3. The zero-order valence-electron chi connectivity index (χ0n) is 13.0. The molecule has 0 amide bonds. The quantitative estimate of drug-likeness (QED) is 0.484. The smallest absolute Gasteiger partial charge is 0.0319 e. The van der Waals surface area contributed by atoms with Gasteiger partial charge in [0.15, 0.2) is 0 Å². The van der Waals surface area contributed by atoms with Crippen molar-refractivity contribution in [2.75, 3.05) is 0 Å². The fourth-order valence-electron chi connectivity index (χ4n) is 3.63. The molecule has 0 unspecified atom stereocenters. The molecule has 1 rings (SSSR count). The zero-order chi connectivity index (χ0) is 13.1. The molecule has 1 heteroatoms. The summed E-state index contributed by atoms with van der Waals surface area (Å²) < 4.78 is 0. The third-order valence-corrected chi connectivity index (χ3v) is 8.54. The molecule has 1 saturated carbocycles. The highest BCUT2D eigenvalue weighted by atomic mass is 28.2. The first-order valence-corrected chi connectivity index (χ1v) is 9.07. The first-order valence-electron chi connectivity index (χ1n) is 7.55. The highest BCUT2D eigenvalue weighted by Gasteiger charge is 2.36. The van der Waals surface area contributed by atoms with Crippen LogP contribution in [0.2, 0.25) is 5.54 Å². The van der Waals surface area contributed by atoms with Crippen molar-refractivity contribution in [1.82, 2.24) is 0 Å². The van der Waals surface area contributed by atoms with Gasteiger partial charge in [-0.15, -0.1) is 0 Å². The molecule has 0 atom stereocenters. The molecule has 1 fully saturated rings. The first-order chi connectivity index (χ1) is 7.71. The molecule has 0 aliphatic heterocycles. The van der Waals surface area contributed by atoms with Gasteiger partial charge in [0.2, 0.25) is 0 Å². The normalized spacial score (nSPS) is 21.4. The minimum absolute atomic E-state index is 0.0344. The maximum absolute atomic E-state index is 2.45. The number of rotatable bonds is 2. The van der Waals surface area contributed by atoms with E-state index in [0.29, 0.717) is 10.8 Å². The van der Waals surface area contributed by atoms with Crippen LogP contribution < -0.4 is 0 Å². The van der Waals surface area contributed by atoms with Gasteiger partial charge in [0.25, 0.3) is 0 Å². The summed E-state index contributed by atoms with van der Waals surface area (Å²) in [6.45, 7) is 14.7. The van der Waals surface area contributed by atoms with Crippen LogP contribution in [0.5, 0.6) is 0 Å². The van der Waals surface area contributed by atoms with E-state index in [1.54, 1.807) is 0 Å². The van der Waals surface area contributed by atoms with Crippen molar-refractivity contribution >= 4 is 9.52 Å². The van der Waals surface area contributed by atoms with Gasteiger partial charge in [0, 0.05) is 9.52 Å². The van der Waals surface area contributed by atoms with Crippen molar-refractivity contribution in [2.45, 2.75) is 85.6 Å². The second-order valence-electron chi connectivity index (χ2n) is 8.15. The Morgan fingerprint density at radius 1 is 0.765 bits per heavy atom. The predicted molar refractivity (Wildman–Crippen MR) is 82.1 cm³/mol. The fourth-order valence-corrected chi connectivity index (χ4v) is 6.34.